The molecule has 1 unspecified atom stereocenters. The Balaban J connectivity index is 2.05. The minimum Gasteiger partial charge on any atom is -0.490 e. The van der Waals surface area contributed by atoms with Crippen LogP contribution in [-0.4, -0.2) is 23.7 Å². The van der Waals surface area contributed by atoms with Gasteiger partial charge in [-0.15, -0.1) is 0 Å². The van der Waals surface area contributed by atoms with Crippen LogP contribution in [0.4, 0.5) is 5.69 Å². The number of hydrogen-bond donors (Lipinski definition) is 0. The van der Waals surface area contributed by atoms with Gasteiger partial charge in [-0.05, 0) is 26.0 Å². The van der Waals surface area contributed by atoms with Crippen LogP contribution >= 0.6 is 0 Å². The van der Waals surface area contributed by atoms with Gasteiger partial charge in [0.1, 0.15) is 18.0 Å². The number of nitro groups is 1. The first-order chi connectivity index (χ1) is 7.50. The topological polar surface area (TPSA) is 64.9 Å². The monoisotopic (exact) mass is 223 g/mol. The van der Waals surface area contributed by atoms with Crippen LogP contribution in [0.15, 0.2) is 18.2 Å². The fourth-order valence-corrected chi connectivity index (χ4v) is 1.37. The van der Waals surface area contributed by atoms with Gasteiger partial charge in [-0.25, -0.2) is 0 Å². The first-order valence-electron chi connectivity index (χ1n) is 5.02. The molecule has 1 heterocycles. The summed E-state index contributed by atoms with van der Waals surface area (Å²) in [6.07, 6.45) is 0. The molecule has 1 aliphatic rings. The Morgan fingerprint density at radius 2 is 2.31 bits per heavy atom. The van der Waals surface area contributed by atoms with E-state index < -0.39 is 4.92 Å². The van der Waals surface area contributed by atoms with Crippen molar-refractivity contribution in [2.75, 3.05) is 13.2 Å². The lowest BCUT2D eigenvalue weighted by Crippen LogP contribution is -2.16. The van der Waals surface area contributed by atoms with Crippen LogP contribution < -0.4 is 4.74 Å². The molecule has 0 saturated carbocycles. The van der Waals surface area contributed by atoms with E-state index in [9.17, 15) is 10.1 Å². The zero-order chi connectivity index (χ0) is 11.8. The molecule has 2 rings (SSSR count). The number of epoxide rings is 1. The van der Waals surface area contributed by atoms with Gasteiger partial charge in [-0.3, -0.25) is 10.1 Å². The summed E-state index contributed by atoms with van der Waals surface area (Å²) in [6.45, 7) is 4.84. The summed E-state index contributed by atoms with van der Waals surface area (Å²) in [5, 5.41) is 10.6. The van der Waals surface area contributed by atoms with Crippen molar-refractivity contribution in [1.82, 2.24) is 0 Å². The van der Waals surface area contributed by atoms with E-state index in [0.717, 1.165) is 0 Å². The molecule has 0 aliphatic carbocycles. The van der Waals surface area contributed by atoms with Crippen LogP contribution in [0.1, 0.15) is 12.5 Å². The molecule has 16 heavy (non-hydrogen) atoms. The summed E-state index contributed by atoms with van der Waals surface area (Å²) in [6, 6.07) is 4.74. The van der Waals surface area contributed by atoms with Crippen molar-refractivity contribution in [3.05, 3.63) is 33.9 Å². The Hall–Kier alpha value is -1.62. The van der Waals surface area contributed by atoms with E-state index in [1.807, 2.05) is 6.92 Å². The van der Waals surface area contributed by atoms with Crippen LogP contribution in [0, 0.1) is 17.0 Å². The van der Waals surface area contributed by atoms with Gasteiger partial charge < -0.3 is 9.47 Å². The van der Waals surface area contributed by atoms with Crippen molar-refractivity contribution in [3.63, 3.8) is 0 Å². The van der Waals surface area contributed by atoms with Gasteiger partial charge in [0.05, 0.1) is 11.5 Å². The first-order valence-corrected chi connectivity index (χ1v) is 5.02. The highest BCUT2D eigenvalue weighted by atomic mass is 16.6. The van der Waals surface area contributed by atoms with Gasteiger partial charge in [0.25, 0.3) is 5.69 Å². The van der Waals surface area contributed by atoms with Crippen molar-refractivity contribution in [3.8, 4) is 5.75 Å². The predicted molar refractivity (Wildman–Crippen MR) is 57.7 cm³/mol. The number of rotatable bonds is 4. The minimum atomic E-state index is -0.398. The molecule has 1 aromatic carbocycles. The van der Waals surface area contributed by atoms with Crippen LogP contribution in [0.2, 0.25) is 0 Å². The maximum Gasteiger partial charge on any atom is 0.272 e. The first kappa shape index (κ1) is 10.9. The third-order valence-electron chi connectivity index (χ3n) is 2.55. The van der Waals surface area contributed by atoms with E-state index in [0.29, 0.717) is 24.5 Å². The number of ether oxygens (including phenoxy) is 2. The maximum atomic E-state index is 10.6. The molecule has 86 valence electrons. The quantitative estimate of drug-likeness (QED) is 0.445. The van der Waals surface area contributed by atoms with Crippen LogP contribution in [0.5, 0.6) is 5.75 Å². The van der Waals surface area contributed by atoms with Crippen LogP contribution in [0.25, 0.3) is 0 Å². The predicted octanol–water partition coefficient (Wildman–Crippen LogP) is 2.07. The van der Waals surface area contributed by atoms with Gasteiger partial charge in [0.15, 0.2) is 0 Å². The standard InChI is InChI=1S/C11H13NO4/c1-8-5-9(3-4-10(8)12(13)14)15-6-11(2)7-16-11/h3-5H,6-7H2,1-2H3. The van der Waals surface area contributed by atoms with E-state index in [4.69, 9.17) is 9.47 Å². The molecule has 0 radical (unpaired) electrons. The summed E-state index contributed by atoms with van der Waals surface area (Å²) in [7, 11) is 0. The van der Waals surface area contributed by atoms with Gasteiger partial charge >= 0.3 is 0 Å². The molecule has 1 aliphatic heterocycles. The average molecular weight is 223 g/mol. The molecule has 5 heteroatoms. The van der Waals surface area contributed by atoms with Crippen molar-refractivity contribution >= 4 is 5.69 Å². The van der Waals surface area contributed by atoms with E-state index in [1.165, 1.54) is 6.07 Å². The lowest BCUT2D eigenvalue weighted by Gasteiger charge is -2.09. The largest absolute Gasteiger partial charge is 0.490 e. The Labute approximate surface area is 93.1 Å². The smallest absolute Gasteiger partial charge is 0.272 e. The Bertz CT molecular complexity index is 426. The average Bonchev–Trinajstić information content (AvgIpc) is 2.94. The molecule has 1 atom stereocenters. The van der Waals surface area contributed by atoms with Crippen LogP contribution in [0.3, 0.4) is 0 Å². The summed E-state index contributed by atoms with van der Waals surface area (Å²) in [5.41, 5.74) is 0.543. The van der Waals surface area contributed by atoms with Gasteiger partial charge in [0, 0.05) is 11.6 Å². The number of benzene rings is 1. The molecule has 1 aromatic rings. The fourth-order valence-electron chi connectivity index (χ4n) is 1.37. The zero-order valence-corrected chi connectivity index (χ0v) is 9.23. The Kier molecular flexibility index (Phi) is 2.55. The lowest BCUT2D eigenvalue weighted by atomic mass is 10.2. The molecule has 0 amide bonds. The molecule has 5 nitrogen and oxygen atoms in total. The summed E-state index contributed by atoms with van der Waals surface area (Å²) in [4.78, 5) is 10.2. The summed E-state index contributed by atoms with van der Waals surface area (Å²) < 4.78 is 10.7. The zero-order valence-electron chi connectivity index (χ0n) is 9.23. The Morgan fingerprint density at radius 3 is 2.81 bits per heavy atom. The van der Waals surface area contributed by atoms with Crippen molar-refractivity contribution in [1.29, 1.82) is 0 Å². The second-order valence-corrected chi connectivity index (χ2v) is 4.23. The fraction of sp³-hybridized carbons (Fsp3) is 0.455. The molecular weight excluding hydrogens is 210 g/mol. The third kappa shape index (κ3) is 2.30. The highest BCUT2D eigenvalue weighted by molar-refractivity contribution is 5.44. The molecule has 0 spiro atoms. The molecule has 1 saturated heterocycles. The van der Waals surface area contributed by atoms with Crippen LogP contribution in [-0.2, 0) is 4.74 Å². The maximum absolute atomic E-state index is 10.6. The second kappa shape index (κ2) is 3.75. The van der Waals surface area contributed by atoms with E-state index in [1.54, 1.807) is 19.1 Å². The van der Waals surface area contributed by atoms with Gasteiger partial charge in [-0.1, -0.05) is 0 Å². The third-order valence-corrected chi connectivity index (χ3v) is 2.55. The number of nitrogens with zero attached hydrogens (tertiary/aromatic N) is 1. The number of nitro benzene ring substituents is 1. The Morgan fingerprint density at radius 1 is 1.62 bits per heavy atom. The van der Waals surface area contributed by atoms with Gasteiger partial charge in [-0.2, -0.15) is 0 Å². The molecular formula is C11H13NO4. The molecule has 0 aromatic heterocycles. The summed E-state index contributed by atoms with van der Waals surface area (Å²) >= 11 is 0. The second-order valence-electron chi connectivity index (χ2n) is 4.23. The van der Waals surface area contributed by atoms with E-state index in [-0.39, 0.29) is 11.3 Å². The molecule has 0 bridgehead atoms. The number of hydrogen-bond acceptors (Lipinski definition) is 4. The molecule has 1 fully saturated rings. The lowest BCUT2D eigenvalue weighted by molar-refractivity contribution is -0.385. The normalized spacial score (nSPS) is 22.9. The van der Waals surface area contributed by atoms with E-state index in [2.05, 4.69) is 0 Å². The van der Waals surface area contributed by atoms with Crippen molar-refractivity contribution < 1.29 is 14.4 Å². The van der Waals surface area contributed by atoms with Crippen molar-refractivity contribution in [2.24, 2.45) is 0 Å². The highest BCUT2D eigenvalue weighted by Gasteiger charge is 2.40. The number of aryl methyl sites for hydroxylation is 1. The molecule has 0 N–H and O–H groups in total. The van der Waals surface area contributed by atoms with Gasteiger partial charge in [0.2, 0.25) is 0 Å². The van der Waals surface area contributed by atoms with E-state index >= 15 is 0 Å². The highest BCUT2D eigenvalue weighted by Crippen LogP contribution is 2.28. The SMILES string of the molecule is Cc1cc(OCC2(C)CO2)ccc1[N+](=O)[O-]. The van der Waals surface area contributed by atoms with Crippen molar-refractivity contribution in [2.45, 2.75) is 19.4 Å². The minimum absolute atomic E-state index is 0.112. The summed E-state index contributed by atoms with van der Waals surface area (Å²) in [5.74, 6) is 0.639.